The topological polar surface area (TPSA) is 94.5 Å². The number of anilines is 1. The summed E-state index contributed by atoms with van der Waals surface area (Å²) in [6, 6.07) is 5.98. The van der Waals surface area contributed by atoms with Gasteiger partial charge in [-0.1, -0.05) is 25.0 Å². The van der Waals surface area contributed by atoms with Crippen molar-refractivity contribution in [3.8, 4) is 11.5 Å². The van der Waals surface area contributed by atoms with Gasteiger partial charge in [0.1, 0.15) is 12.1 Å². The van der Waals surface area contributed by atoms with Crippen molar-refractivity contribution in [1.29, 1.82) is 0 Å². The van der Waals surface area contributed by atoms with Crippen LogP contribution in [0.4, 0.5) is 5.69 Å². The van der Waals surface area contributed by atoms with Crippen LogP contribution in [0.15, 0.2) is 30.6 Å². The third kappa shape index (κ3) is 4.93. The molecule has 8 heteroatoms. The van der Waals surface area contributed by atoms with Gasteiger partial charge in [-0.25, -0.2) is 0 Å². The fraction of sp³-hybridized carbons (Fsp3) is 0.500. The lowest BCUT2D eigenvalue weighted by Crippen LogP contribution is -2.35. The minimum Gasteiger partial charge on any atom is -0.483 e. The van der Waals surface area contributed by atoms with E-state index in [2.05, 4.69) is 15.7 Å². The molecule has 0 spiro atoms. The van der Waals surface area contributed by atoms with Crippen LogP contribution in [0.25, 0.3) is 0 Å². The summed E-state index contributed by atoms with van der Waals surface area (Å²) in [5.41, 5.74) is 1.32. The van der Waals surface area contributed by atoms with Crippen molar-refractivity contribution in [2.24, 2.45) is 0 Å². The van der Waals surface area contributed by atoms with E-state index in [-0.39, 0.29) is 36.6 Å². The lowest BCUT2D eigenvalue weighted by molar-refractivity contribution is -0.122. The maximum Gasteiger partial charge on any atom is 0.262 e. The van der Waals surface area contributed by atoms with Crippen molar-refractivity contribution in [1.82, 2.24) is 15.1 Å². The molecule has 1 aliphatic carbocycles. The number of ether oxygens (including phenoxy) is 2. The lowest BCUT2D eigenvalue weighted by Gasteiger charge is -2.18. The van der Waals surface area contributed by atoms with Gasteiger partial charge in [-0.3, -0.25) is 14.3 Å². The van der Waals surface area contributed by atoms with Crippen LogP contribution in [0.1, 0.15) is 45.1 Å². The standard InChI is InChI=1S/C22H28N4O4/c1-22(2)10-15-6-5-9-18(21(15)30-22)29-14-20(28)25-17-11-23-26(12-17)13-19(27)24-16-7-3-4-8-16/h5-6,9,11-12,16H,3-4,7-8,10,13-14H2,1-2H3,(H,24,27)(H,25,28). The molecule has 1 aromatic carbocycles. The highest BCUT2D eigenvalue weighted by Gasteiger charge is 2.32. The molecule has 1 fully saturated rings. The number of benzene rings is 1. The second-order valence-corrected chi connectivity index (χ2v) is 8.60. The molecule has 0 unspecified atom stereocenters. The van der Waals surface area contributed by atoms with Gasteiger partial charge in [0.2, 0.25) is 5.91 Å². The first kappa shape index (κ1) is 20.3. The molecule has 4 rings (SSSR count). The molecule has 0 radical (unpaired) electrons. The van der Waals surface area contributed by atoms with E-state index < -0.39 is 0 Å². The molecule has 1 saturated carbocycles. The Morgan fingerprint density at radius 3 is 2.87 bits per heavy atom. The predicted octanol–water partition coefficient (Wildman–Crippen LogP) is 2.67. The SMILES string of the molecule is CC1(C)Cc2cccc(OCC(=O)Nc3cnn(CC(=O)NC4CCCC4)c3)c2O1. The quantitative estimate of drug-likeness (QED) is 0.729. The van der Waals surface area contributed by atoms with Gasteiger partial charge in [0.15, 0.2) is 18.1 Å². The third-order valence-corrected chi connectivity index (χ3v) is 5.36. The first-order valence-corrected chi connectivity index (χ1v) is 10.4. The van der Waals surface area contributed by atoms with E-state index in [1.807, 2.05) is 26.0 Å². The number of fused-ring (bicyclic) bond motifs is 1. The molecule has 0 saturated heterocycles. The molecule has 2 amide bonds. The van der Waals surface area contributed by atoms with Gasteiger partial charge in [-0.15, -0.1) is 0 Å². The van der Waals surface area contributed by atoms with Crippen molar-refractivity contribution in [2.45, 2.75) is 64.1 Å². The normalized spacial score (nSPS) is 17.3. The van der Waals surface area contributed by atoms with E-state index in [9.17, 15) is 9.59 Å². The molecular weight excluding hydrogens is 384 g/mol. The highest BCUT2D eigenvalue weighted by molar-refractivity contribution is 5.91. The van der Waals surface area contributed by atoms with Crippen LogP contribution in [0, 0.1) is 0 Å². The molecule has 1 aliphatic heterocycles. The van der Waals surface area contributed by atoms with Crippen molar-refractivity contribution in [2.75, 3.05) is 11.9 Å². The van der Waals surface area contributed by atoms with Crippen molar-refractivity contribution in [3.05, 3.63) is 36.2 Å². The molecule has 30 heavy (non-hydrogen) atoms. The van der Waals surface area contributed by atoms with Gasteiger partial charge in [-0.05, 0) is 32.8 Å². The summed E-state index contributed by atoms with van der Waals surface area (Å²) in [6.45, 7) is 4.03. The van der Waals surface area contributed by atoms with Gasteiger partial charge < -0.3 is 20.1 Å². The second kappa shape index (κ2) is 8.38. The summed E-state index contributed by atoms with van der Waals surface area (Å²) in [5.74, 6) is 0.899. The van der Waals surface area contributed by atoms with E-state index >= 15 is 0 Å². The smallest absolute Gasteiger partial charge is 0.262 e. The average molecular weight is 412 g/mol. The fourth-order valence-corrected chi connectivity index (χ4v) is 4.05. The highest BCUT2D eigenvalue weighted by atomic mass is 16.5. The van der Waals surface area contributed by atoms with Gasteiger partial charge in [0.25, 0.3) is 5.91 Å². The summed E-state index contributed by atoms with van der Waals surface area (Å²) in [6.07, 6.45) is 8.38. The van der Waals surface area contributed by atoms with E-state index in [0.29, 0.717) is 17.2 Å². The van der Waals surface area contributed by atoms with Crippen LogP contribution < -0.4 is 20.1 Å². The monoisotopic (exact) mass is 412 g/mol. The van der Waals surface area contributed by atoms with Crippen molar-refractivity contribution < 1.29 is 19.1 Å². The zero-order valence-corrected chi connectivity index (χ0v) is 17.4. The summed E-state index contributed by atoms with van der Waals surface area (Å²) < 4.78 is 13.2. The average Bonchev–Trinajstić information content (AvgIpc) is 3.39. The molecule has 2 aromatic rings. The molecule has 2 N–H and O–H groups in total. The number of nitrogens with one attached hydrogen (secondary N) is 2. The zero-order valence-electron chi connectivity index (χ0n) is 17.4. The predicted molar refractivity (Wildman–Crippen MR) is 112 cm³/mol. The number of nitrogens with zero attached hydrogens (tertiary/aromatic N) is 2. The molecule has 8 nitrogen and oxygen atoms in total. The molecule has 0 bridgehead atoms. The maximum atomic E-state index is 12.3. The number of carbonyl (C=O) groups excluding carboxylic acids is 2. The van der Waals surface area contributed by atoms with E-state index in [0.717, 1.165) is 24.8 Å². The number of amides is 2. The number of carbonyl (C=O) groups is 2. The number of rotatable bonds is 7. The van der Waals surface area contributed by atoms with Gasteiger partial charge in [0.05, 0.1) is 11.9 Å². The van der Waals surface area contributed by atoms with Crippen LogP contribution in [0.3, 0.4) is 0 Å². The number of hydrogen-bond donors (Lipinski definition) is 2. The third-order valence-electron chi connectivity index (χ3n) is 5.36. The van der Waals surface area contributed by atoms with E-state index in [1.54, 1.807) is 12.3 Å². The Labute approximate surface area is 175 Å². The zero-order chi connectivity index (χ0) is 21.1. The minimum atomic E-state index is -0.306. The first-order valence-electron chi connectivity index (χ1n) is 10.4. The summed E-state index contributed by atoms with van der Waals surface area (Å²) in [4.78, 5) is 24.4. The minimum absolute atomic E-state index is 0.0629. The Balaban J connectivity index is 1.26. The lowest BCUT2D eigenvalue weighted by atomic mass is 10.0. The number of aromatic nitrogens is 2. The Kier molecular flexibility index (Phi) is 5.65. The van der Waals surface area contributed by atoms with E-state index in [4.69, 9.17) is 9.47 Å². The number of hydrogen-bond acceptors (Lipinski definition) is 5. The summed E-state index contributed by atoms with van der Waals surface area (Å²) in [7, 11) is 0. The van der Waals surface area contributed by atoms with Crippen LogP contribution >= 0.6 is 0 Å². The Bertz CT molecular complexity index is 931. The fourth-order valence-electron chi connectivity index (χ4n) is 4.05. The van der Waals surface area contributed by atoms with Crippen LogP contribution in [-0.4, -0.2) is 39.8 Å². The van der Waals surface area contributed by atoms with E-state index in [1.165, 1.54) is 23.7 Å². The van der Waals surface area contributed by atoms with Crippen molar-refractivity contribution in [3.63, 3.8) is 0 Å². The molecular formula is C22H28N4O4. The number of para-hydroxylation sites is 1. The summed E-state index contributed by atoms with van der Waals surface area (Å²) in [5, 5.41) is 9.91. The van der Waals surface area contributed by atoms with Crippen LogP contribution in [0.2, 0.25) is 0 Å². The van der Waals surface area contributed by atoms with Crippen LogP contribution in [0.5, 0.6) is 11.5 Å². The molecule has 2 aliphatic rings. The second-order valence-electron chi connectivity index (χ2n) is 8.60. The van der Waals surface area contributed by atoms with Crippen LogP contribution in [-0.2, 0) is 22.6 Å². The molecule has 2 heterocycles. The Morgan fingerprint density at radius 1 is 1.27 bits per heavy atom. The Hall–Kier alpha value is -3.03. The highest BCUT2D eigenvalue weighted by Crippen LogP contribution is 2.41. The largest absolute Gasteiger partial charge is 0.483 e. The Morgan fingerprint density at radius 2 is 2.07 bits per heavy atom. The van der Waals surface area contributed by atoms with Crippen molar-refractivity contribution >= 4 is 17.5 Å². The van der Waals surface area contributed by atoms with Gasteiger partial charge >= 0.3 is 0 Å². The van der Waals surface area contributed by atoms with Gasteiger partial charge in [0, 0.05) is 24.2 Å². The molecule has 0 atom stereocenters. The van der Waals surface area contributed by atoms with Gasteiger partial charge in [-0.2, -0.15) is 5.10 Å². The maximum absolute atomic E-state index is 12.3. The first-order chi connectivity index (χ1) is 14.4. The molecule has 1 aromatic heterocycles. The molecule has 160 valence electrons. The summed E-state index contributed by atoms with van der Waals surface area (Å²) >= 11 is 0.